The Morgan fingerprint density at radius 3 is 2.93 bits per heavy atom. The first-order valence-corrected chi connectivity index (χ1v) is 4.86. The van der Waals surface area contributed by atoms with Crippen molar-refractivity contribution in [3.8, 4) is 0 Å². The van der Waals surface area contributed by atoms with Gasteiger partial charge in [0.25, 0.3) is 0 Å². The number of H-pyrrole nitrogens is 1. The van der Waals surface area contributed by atoms with Crippen molar-refractivity contribution in [1.29, 1.82) is 0 Å². The van der Waals surface area contributed by atoms with Crippen LogP contribution in [0.2, 0.25) is 0 Å². The molecule has 1 rings (SSSR count). The van der Waals surface area contributed by atoms with E-state index in [0.29, 0.717) is 18.9 Å². The van der Waals surface area contributed by atoms with Crippen LogP contribution in [0.25, 0.3) is 0 Å². The lowest BCUT2D eigenvalue weighted by Gasteiger charge is -1.97. The highest BCUT2D eigenvalue weighted by molar-refractivity contribution is 5.66. The van der Waals surface area contributed by atoms with Gasteiger partial charge < -0.3 is 5.11 Å². The summed E-state index contributed by atoms with van der Waals surface area (Å²) in [6.07, 6.45) is 5.95. The molecule has 0 saturated carbocycles. The number of rotatable bonds is 7. The van der Waals surface area contributed by atoms with Crippen LogP contribution < -0.4 is 4.57 Å². The maximum atomic E-state index is 10.3. The average molecular weight is 212 g/mol. The topological polar surface area (TPSA) is 86.4 Å². The summed E-state index contributed by atoms with van der Waals surface area (Å²) in [7, 11) is 0. The lowest BCUT2D eigenvalue weighted by atomic mass is 10.2. The number of hydrogen-bond acceptors (Lipinski definition) is 3. The maximum Gasteiger partial charge on any atom is 0.440 e. The van der Waals surface area contributed by atoms with Crippen LogP contribution in [0.15, 0.2) is 17.6 Å². The number of carboxylic acids is 1. The minimum absolute atomic E-state index is 0.205. The summed E-state index contributed by atoms with van der Waals surface area (Å²) in [5.41, 5.74) is 0. The standard InChI is InChI=1S/C9H13N3O3/c13-8(14)4-2-1-3-6-12-7-5-10-9(12)11-15/h5,7H,1-4,6H2,(H,13,14)/p+1. The number of nitrogens with zero attached hydrogens (tertiary/aromatic N) is 2. The fraction of sp³-hybridized carbons (Fsp3) is 0.556. The number of imidazole rings is 1. The Hall–Kier alpha value is -1.72. The van der Waals surface area contributed by atoms with Gasteiger partial charge in [-0.25, -0.2) is 9.55 Å². The van der Waals surface area contributed by atoms with E-state index in [1.165, 1.54) is 0 Å². The fourth-order valence-electron chi connectivity index (χ4n) is 1.35. The second kappa shape index (κ2) is 5.90. The molecule has 0 atom stereocenters. The van der Waals surface area contributed by atoms with Gasteiger partial charge in [-0.3, -0.25) is 4.79 Å². The van der Waals surface area contributed by atoms with Gasteiger partial charge >= 0.3 is 11.9 Å². The molecule has 1 heterocycles. The van der Waals surface area contributed by atoms with Crippen LogP contribution in [0.3, 0.4) is 0 Å². The first kappa shape index (κ1) is 11.4. The number of unbranched alkanes of at least 4 members (excludes halogenated alkanes) is 2. The summed E-state index contributed by atoms with van der Waals surface area (Å²) >= 11 is 0. The van der Waals surface area contributed by atoms with E-state index >= 15 is 0 Å². The molecule has 0 amide bonds. The number of carbonyl (C=O) groups is 1. The third-order valence-corrected chi connectivity index (χ3v) is 2.12. The van der Waals surface area contributed by atoms with Crippen LogP contribution in [0, 0.1) is 4.91 Å². The molecule has 0 spiro atoms. The van der Waals surface area contributed by atoms with Gasteiger partial charge in [-0.05, 0) is 19.3 Å². The summed E-state index contributed by atoms with van der Waals surface area (Å²) in [6.45, 7) is 0.685. The number of aromatic nitrogens is 2. The van der Waals surface area contributed by atoms with Crippen molar-refractivity contribution < 1.29 is 14.5 Å². The van der Waals surface area contributed by atoms with Crippen molar-refractivity contribution in [2.75, 3.05) is 0 Å². The number of aryl methyl sites for hydroxylation is 1. The summed E-state index contributed by atoms with van der Waals surface area (Å²) in [5.74, 6) is -0.465. The smallest absolute Gasteiger partial charge is 0.440 e. The van der Waals surface area contributed by atoms with E-state index in [1.807, 2.05) is 0 Å². The van der Waals surface area contributed by atoms with Crippen LogP contribution in [0.1, 0.15) is 25.7 Å². The molecule has 1 aromatic rings. The highest BCUT2D eigenvalue weighted by Crippen LogP contribution is 2.02. The molecule has 0 saturated heterocycles. The van der Waals surface area contributed by atoms with Crippen LogP contribution in [-0.2, 0) is 11.3 Å². The van der Waals surface area contributed by atoms with E-state index in [9.17, 15) is 9.70 Å². The molecule has 82 valence electrons. The lowest BCUT2D eigenvalue weighted by Crippen LogP contribution is -2.31. The molecule has 0 radical (unpaired) electrons. The SMILES string of the molecule is O=Nc1[nH]cc[n+]1CCCCCC(=O)O. The third-order valence-electron chi connectivity index (χ3n) is 2.12. The van der Waals surface area contributed by atoms with Gasteiger partial charge in [0, 0.05) is 6.42 Å². The van der Waals surface area contributed by atoms with Gasteiger partial charge in [0.15, 0.2) is 5.18 Å². The number of carboxylic acid groups (broad SMARTS) is 1. The van der Waals surface area contributed by atoms with Crippen molar-refractivity contribution in [2.24, 2.45) is 5.18 Å². The van der Waals surface area contributed by atoms with Crippen molar-refractivity contribution in [2.45, 2.75) is 32.2 Å². The van der Waals surface area contributed by atoms with E-state index in [4.69, 9.17) is 5.11 Å². The Morgan fingerprint density at radius 2 is 2.27 bits per heavy atom. The zero-order valence-corrected chi connectivity index (χ0v) is 8.35. The second-order valence-corrected chi connectivity index (χ2v) is 3.27. The van der Waals surface area contributed by atoms with Crippen molar-refractivity contribution in [1.82, 2.24) is 4.98 Å². The maximum absolute atomic E-state index is 10.3. The number of hydrogen-bond donors (Lipinski definition) is 2. The predicted molar refractivity (Wildman–Crippen MR) is 52.5 cm³/mol. The molecule has 0 bridgehead atoms. The number of aromatic amines is 1. The van der Waals surface area contributed by atoms with Gasteiger partial charge in [0.05, 0.1) is 18.9 Å². The molecule has 0 fully saturated rings. The Bertz CT molecular complexity index is 335. The molecular weight excluding hydrogens is 198 g/mol. The van der Waals surface area contributed by atoms with Gasteiger partial charge in [-0.2, -0.15) is 0 Å². The minimum atomic E-state index is -0.764. The first-order chi connectivity index (χ1) is 7.24. The third kappa shape index (κ3) is 3.88. The Morgan fingerprint density at radius 1 is 1.47 bits per heavy atom. The van der Waals surface area contributed by atoms with Gasteiger partial charge in [-0.1, -0.05) is 4.91 Å². The zero-order chi connectivity index (χ0) is 11.1. The van der Waals surface area contributed by atoms with Crippen LogP contribution in [-0.4, -0.2) is 16.1 Å². The highest BCUT2D eigenvalue weighted by Gasteiger charge is 2.09. The van der Waals surface area contributed by atoms with Crippen LogP contribution in [0.5, 0.6) is 0 Å². The number of nitroso groups, excluding NO2 is 1. The Kier molecular flexibility index (Phi) is 4.46. The number of nitrogens with one attached hydrogen (secondary N) is 1. The second-order valence-electron chi connectivity index (χ2n) is 3.27. The van der Waals surface area contributed by atoms with Crippen LogP contribution in [0.4, 0.5) is 5.95 Å². The Balaban J connectivity index is 2.20. The summed E-state index contributed by atoms with van der Waals surface area (Å²) in [6, 6.07) is 0. The quantitative estimate of drug-likeness (QED) is 0.406. The summed E-state index contributed by atoms with van der Waals surface area (Å²) in [4.78, 5) is 23.2. The van der Waals surface area contributed by atoms with E-state index in [1.54, 1.807) is 17.0 Å². The lowest BCUT2D eigenvalue weighted by molar-refractivity contribution is -0.683. The summed E-state index contributed by atoms with van der Waals surface area (Å²) < 4.78 is 1.72. The normalized spacial score (nSPS) is 10.1. The molecule has 6 nitrogen and oxygen atoms in total. The molecule has 15 heavy (non-hydrogen) atoms. The van der Waals surface area contributed by atoms with Gasteiger partial charge in [0.1, 0.15) is 0 Å². The highest BCUT2D eigenvalue weighted by atomic mass is 16.4. The van der Waals surface area contributed by atoms with E-state index in [2.05, 4.69) is 10.2 Å². The van der Waals surface area contributed by atoms with E-state index in [0.717, 1.165) is 12.8 Å². The monoisotopic (exact) mass is 212 g/mol. The van der Waals surface area contributed by atoms with Crippen molar-refractivity contribution in [3.05, 3.63) is 17.3 Å². The van der Waals surface area contributed by atoms with Crippen LogP contribution >= 0.6 is 0 Å². The molecule has 1 aromatic heterocycles. The Labute approximate surface area is 86.9 Å². The summed E-state index contributed by atoms with van der Waals surface area (Å²) in [5, 5.41) is 11.2. The molecule has 0 aliphatic rings. The zero-order valence-electron chi connectivity index (χ0n) is 8.35. The molecular formula is C9H14N3O3+. The molecule has 2 N–H and O–H groups in total. The fourth-order valence-corrected chi connectivity index (χ4v) is 1.35. The average Bonchev–Trinajstić information content (AvgIpc) is 2.64. The van der Waals surface area contributed by atoms with Gasteiger partial charge in [-0.15, -0.1) is 0 Å². The van der Waals surface area contributed by atoms with E-state index < -0.39 is 5.97 Å². The first-order valence-electron chi connectivity index (χ1n) is 4.86. The van der Waals surface area contributed by atoms with Crippen molar-refractivity contribution in [3.63, 3.8) is 0 Å². The predicted octanol–water partition coefficient (Wildman–Crippen LogP) is 1.35. The molecule has 0 aliphatic carbocycles. The number of aliphatic carboxylic acids is 1. The molecule has 0 aromatic carbocycles. The minimum Gasteiger partial charge on any atom is -0.481 e. The molecule has 6 heteroatoms. The largest absolute Gasteiger partial charge is 0.481 e. The molecule has 0 unspecified atom stereocenters. The molecule has 0 aliphatic heterocycles. The van der Waals surface area contributed by atoms with Gasteiger partial charge in [0.2, 0.25) is 0 Å². The van der Waals surface area contributed by atoms with Crippen molar-refractivity contribution >= 4 is 11.9 Å². The van der Waals surface area contributed by atoms with E-state index in [-0.39, 0.29) is 6.42 Å².